The Morgan fingerprint density at radius 1 is 1.20 bits per heavy atom. The smallest absolute Gasteiger partial charge is 0.209 e. The molecule has 1 saturated heterocycles. The lowest BCUT2D eigenvalue weighted by Crippen LogP contribution is -2.49. The van der Waals surface area contributed by atoms with Gasteiger partial charge in [-0.15, -0.1) is 5.53 Å². The number of hydrogen-bond acceptors (Lipinski definition) is 8. The van der Waals surface area contributed by atoms with Gasteiger partial charge < -0.3 is 31.0 Å². The van der Waals surface area contributed by atoms with E-state index in [9.17, 15) is 0 Å². The second kappa shape index (κ2) is 10.6. The van der Waals surface area contributed by atoms with Crippen LogP contribution in [0.1, 0.15) is 0 Å². The van der Waals surface area contributed by atoms with Gasteiger partial charge in [-0.2, -0.15) is 0 Å². The van der Waals surface area contributed by atoms with Gasteiger partial charge >= 0.3 is 0 Å². The first-order valence-electron chi connectivity index (χ1n) is 9.96. The Bertz CT molecular complexity index is 806. The molecule has 6 N–H and O–H groups in total. The largest absolute Gasteiger partial charge is 0.378 e. The fourth-order valence-corrected chi connectivity index (χ4v) is 3.02. The average molecular weight is 414 g/mol. The third-order valence-electron chi connectivity index (χ3n) is 4.66. The van der Waals surface area contributed by atoms with Crippen LogP contribution < -0.4 is 31.9 Å². The quantitative estimate of drug-likeness (QED) is 0.234. The SMILES string of the molecule is CN(C)CCNc1cc(N(NNc2ccc(N3CCOCC3)cc2)C(=N)N)ccn1. The molecule has 0 bridgehead atoms. The van der Waals surface area contributed by atoms with Crippen molar-refractivity contribution in [2.75, 3.05) is 74.1 Å². The number of rotatable bonds is 9. The molecule has 2 aromatic rings. The number of anilines is 4. The molecule has 0 spiro atoms. The first kappa shape index (κ1) is 21.6. The number of nitrogens with two attached hydrogens (primary N) is 1. The molecule has 1 aromatic carbocycles. The average Bonchev–Trinajstić information content (AvgIpc) is 2.75. The Balaban J connectivity index is 1.60. The second-order valence-electron chi connectivity index (χ2n) is 7.23. The molecule has 0 aliphatic carbocycles. The molecule has 1 aliphatic rings. The maximum absolute atomic E-state index is 7.92. The number of aromatic nitrogens is 1. The summed E-state index contributed by atoms with van der Waals surface area (Å²) in [4.78, 5) is 8.71. The van der Waals surface area contributed by atoms with Crippen molar-refractivity contribution >= 4 is 28.8 Å². The number of likely N-dealkylation sites (N-methyl/N-ethyl adjacent to an activating group) is 1. The zero-order chi connectivity index (χ0) is 21.3. The summed E-state index contributed by atoms with van der Waals surface area (Å²) >= 11 is 0. The van der Waals surface area contributed by atoms with Crippen molar-refractivity contribution in [2.24, 2.45) is 5.73 Å². The molecule has 0 saturated carbocycles. The van der Waals surface area contributed by atoms with E-state index >= 15 is 0 Å². The zero-order valence-electron chi connectivity index (χ0n) is 17.6. The number of hydrazine groups is 2. The van der Waals surface area contributed by atoms with Gasteiger partial charge in [0, 0.05) is 44.1 Å². The highest BCUT2D eigenvalue weighted by atomic mass is 16.5. The monoisotopic (exact) mass is 413 g/mol. The van der Waals surface area contributed by atoms with Crippen molar-refractivity contribution < 1.29 is 4.74 Å². The minimum Gasteiger partial charge on any atom is -0.378 e. The Kier molecular flexibility index (Phi) is 7.66. The van der Waals surface area contributed by atoms with E-state index in [2.05, 4.69) is 43.2 Å². The van der Waals surface area contributed by atoms with Crippen LogP contribution in [0.25, 0.3) is 0 Å². The summed E-state index contributed by atoms with van der Waals surface area (Å²) < 4.78 is 5.40. The summed E-state index contributed by atoms with van der Waals surface area (Å²) in [6.07, 6.45) is 1.68. The highest BCUT2D eigenvalue weighted by molar-refractivity contribution is 5.92. The van der Waals surface area contributed by atoms with Crippen LogP contribution in [0, 0.1) is 5.41 Å². The molecule has 0 unspecified atom stereocenters. The molecule has 0 radical (unpaired) electrons. The summed E-state index contributed by atoms with van der Waals surface area (Å²) in [7, 11) is 4.04. The molecular formula is C20H31N9O. The first-order valence-corrected chi connectivity index (χ1v) is 9.96. The van der Waals surface area contributed by atoms with Crippen LogP contribution in [0.3, 0.4) is 0 Å². The van der Waals surface area contributed by atoms with Gasteiger partial charge in [0.15, 0.2) is 0 Å². The zero-order valence-corrected chi connectivity index (χ0v) is 17.6. The number of guanidine groups is 1. The fourth-order valence-electron chi connectivity index (χ4n) is 3.02. The highest BCUT2D eigenvalue weighted by Gasteiger charge is 2.12. The Hall–Kier alpha value is -3.08. The first-order chi connectivity index (χ1) is 14.5. The molecule has 0 atom stereocenters. The van der Waals surface area contributed by atoms with Crippen LogP contribution in [-0.2, 0) is 4.74 Å². The predicted molar refractivity (Wildman–Crippen MR) is 122 cm³/mol. The molecule has 0 amide bonds. The lowest BCUT2D eigenvalue weighted by Gasteiger charge is -2.29. The van der Waals surface area contributed by atoms with E-state index in [0.29, 0.717) is 5.69 Å². The summed E-state index contributed by atoms with van der Waals surface area (Å²) in [6, 6.07) is 11.7. The van der Waals surface area contributed by atoms with Crippen molar-refractivity contribution in [1.29, 1.82) is 5.41 Å². The van der Waals surface area contributed by atoms with E-state index in [1.54, 1.807) is 12.3 Å². The van der Waals surface area contributed by atoms with Crippen molar-refractivity contribution in [3.05, 3.63) is 42.6 Å². The van der Waals surface area contributed by atoms with Crippen LogP contribution >= 0.6 is 0 Å². The molecular weight excluding hydrogens is 382 g/mol. The van der Waals surface area contributed by atoms with E-state index in [1.807, 2.05) is 32.3 Å². The second-order valence-corrected chi connectivity index (χ2v) is 7.23. The number of benzene rings is 1. The minimum absolute atomic E-state index is 0.141. The lowest BCUT2D eigenvalue weighted by molar-refractivity contribution is 0.122. The maximum Gasteiger partial charge on any atom is 0.209 e. The van der Waals surface area contributed by atoms with Crippen LogP contribution in [0.4, 0.5) is 22.9 Å². The number of pyridine rings is 1. The van der Waals surface area contributed by atoms with Crippen LogP contribution in [0.5, 0.6) is 0 Å². The summed E-state index contributed by atoms with van der Waals surface area (Å²) in [5.74, 6) is 0.579. The molecule has 10 heteroatoms. The number of nitrogens with one attached hydrogen (secondary N) is 4. The van der Waals surface area contributed by atoms with Gasteiger partial charge in [-0.05, 0) is 44.4 Å². The third kappa shape index (κ3) is 6.21. The molecule has 10 nitrogen and oxygen atoms in total. The minimum atomic E-state index is -0.141. The van der Waals surface area contributed by atoms with Crippen molar-refractivity contribution in [3.63, 3.8) is 0 Å². The summed E-state index contributed by atoms with van der Waals surface area (Å²) in [5, 5.41) is 12.6. The van der Waals surface area contributed by atoms with Gasteiger partial charge in [-0.3, -0.25) is 5.41 Å². The summed E-state index contributed by atoms with van der Waals surface area (Å²) in [6.45, 7) is 4.97. The van der Waals surface area contributed by atoms with Crippen molar-refractivity contribution in [2.45, 2.75) is 0 Å². The van der Waals surface area contributed by atoms with E-state index in [1.165, 1.54) is 5.01 Å². The number of nitrogens with zero attached hydrogens (tertiary/aromatic N) is 4. The third-order valence-corrected chi connectivity index (χ3v) is 4.66. The van der Waals surface area contributed by atoms with Gasteiger partial charge in [-0.1, -0.05) is 0 Å². The molecule has 2 heterocycles. The van der Waals surface area contributed by atoms with Crippen LogP contribution in [0.15, 0.2) is 42.6 Å². The number of hydrogen-bond donors (Lipinski definition) is 5. The maximum atomic E-state index is 7.92. The van der Waals surface area contributed by atoms with E-state index in [0.717, 1.165) is 56.6 Å². The van der Waals surface area contributed by atoms with Gasteiger partial charge in [0.25, 0.3) is 0 Å². The predicted octanol–water partition coefficient (Wildman–Crippen LogP) is 1.12. The lowest BCUT2D eigenvalue weighted by atomic mass is 10.2. The van der Waals surface area contributed by atoms with Gasteiger partial charge in [0.05, 0.1) is 24.6 Å². The normalized spacial score (nSPS) is 13.9. The Labute approximate surface area is 177 Å². The van der Waals surface area contributed by atoms with Gasteiger partial charge in [-0.25, -0.2) is 9.99 Å². The number of morpholine rings is 1. The molecule has 1 aromatic heterocycles. The Morgan fingerprint density at radius 3 is 2.60 bits per heavy atom. The molecule has 1 aliphatic heterocycles. The molecule has 162 valence electrons. The van der Waals surface area contributed by atoms with Crippen molar-refractivity contribution in [3.8, 4) is 0 Å². The number of ether oxygens (including phenoxy) is 1. The molecule has 3 rings (SSSR count). The van der Waals surface area contributed by atoms with Gasteiger partial charge in [0.1, 0.15) is 5.82 Å². The summed E-state index contributed by atoms with van der Waals surface area (Å²) in [5.41, 5.74) is 14.6. The van der Waals surface area contributed by atoms with E-state index < -0.39 is 0 Å². The van der Waals surface area contributed by atoms with Crippen LogP contribution in [0.2, 0.25) is 0 Å². The van der Waals surface area contributed by atoms with Crippen molar-refractivity contribution in [1.82, 2.24) is 15.4 Å². The fraction of sp³-hybridized carbons (Fsp3) is 0.400. The molecule has 30 heavy (non-hydrogen) atoms. The van der Waals surface area contributed by atoms with Gasteiger partial charge in [0.2, 0.25) is 5.96 Å². The highest BCUT2D eigenvalue weighted by Crippen LogP contribution is 2.19. The molecule has 1 fully saturated rings. The topological polar surface area (TPSA) is 118 Å². The standard InChI is InChI=1S/C20H31N9O/c1-27(2)10-9-24-19-15-18(7-8-23-19)29(20(21)22)26-25-16-3-5-17(6-4-16)28-11-13-30-14-12-28/h3-8,15,25-26H,9-14H2,1-2H3,(H3,21,22)(H,23,24). The van der Waals surface area contributed by atoms with Crippen LogP contribution in [-0.4, -0.2) is 69.3 Å². The van der Waals surface area contributed by atoms with E-state index in [-0.39, 0.29) is 5.96 Å². The van der Waals surface area contributed by atoms with E-state index in [4.69, 9.17) is 15.9 Å². The Morgan fingerprint density at radius 2 is 1.93 bits per heavy atom.